The molecule has 134 valence electrons. The summed E-state index contributed by atoms with van der Waals surface area (Å²) in [5.74, 6) is 1.18. The number of carbonyl (C=O) groups excluding carboxylic acids is 1. The number of hydrogen-bond acceptors (Lipinski definition) is 2. The van der Waals surface area contributed by atoms with Crippen molar-refractivity contribution in [3.63, 3.8) is 0 Å². The van der Waals surface area contributed by atoms with Gasteiger partial charge in [-0.2, -0.15) is 13.2 Å². The summed E-state index contributed by atoms with van der Waals surface area (Å²) >= 11 is 0. The molecule has 2 N–H and O–H groups in total. The maximum absolute atomic E-state index is 12.1. The highest BCUT2D eigenvalue weighted by molar-refractivity contribution is 5.80. The number of alkyl halides is 3. The van der Waals surface area contributed by atoms with Crippen LogP contribution in [0.25, 0.3) is 0 Å². The van der Waals surface area contributed by atoms with Crippen molar-refractivity contribution in [3.05, 3.63) is 0 Å². The van der Waals surface area contributed by atoms with E-state index in [9.17, 15) is 18.0 Å². The highest BCUT2D eigenvalue weighted by Gasteiger charge is 2.26. The zero-order chi connectivity index (χ0) is 17.3. The average molecular weight is 336 g/mol. The number of carbonyl (C=O) groups is 1. The first-order valence-corrected chi connectivity index (χ1v) is 8.08. The third-order valence-electron chi connectivity index (χ3n) is 4.05. The number of likely N-dealkylation sites (tertiary alicyclic amines) is 1. The Hall–Kier alpha value is -1.47. The van der Waals surface area contributed by atoms with E-state index in [0.29, 0.717) is 25.3 Å². The first-order valence-electron chi connectivity index (χ1n) is 8.08. The Bertz CT molecular complexity index is 391. The molecule has 8 heteroatoms. The van der Waals surface area contributed by atoms with Crippen molar-refractivity contribution in [2.24, 2.45) is 10.9 Å². The number of unbranched alkanes of at least 4 members (excludes halogenated alkanes) is 1. The molecule has 0 aliphatic carbocycles. The summed E-state index contributed by atoms with van der Waals surface area (Å²) < 4.78 is 36.2. The number of nitrogens with zero attached hydrogens (tertiary/aromatic N) is 2. The van der Waals surface area contributed by atoms with E-state index in [1.165, 1.54) is 0 Å². The molecule has 1 rings (SSSR count). The minimum absolute atomic E-state index is 0.0654. The second-order valence-corrected chi connectivity index (χ2v) is 5.85. The van der Waals surface area contributed by atoms with Gasteiger partial charge in [-0.05, 0) is 31.6 Å². The van der Waals surface area contributed by atoms with Crippen LogP contribution in [0.4, 0.5) is 13.2 Å². The van der Waals surface area contributed by atoms with Crippen LogP contribution in [0, 0.1) is 5.92 Å². The number of hydrogen-bond donors (Lipinski definition) is 2. The fraction of sp³-hybridized carbons (Fsp3) is 0.867. The normalized spacial score (nSPS) is 17.3. The summed E-state index contributed by atoms with van der Waals surface area (Å²) in [6.07, 6.45) is -1.84. The Morgan fingerprint density at radius 1 is 1.26 bits per heavy atom. The molecule has 23 heavy (non-hydrogen) atoms. The lowest BCUT2D eigenvalue weighted by atomic mass is 9.93. The van der Waals surface area contributed by atoms with Gasteiger partial charge in [0.25, 0.3) is 0 Å². The summed E-state index contributed by atoms with van der Waals surface area (Å²) in [5.41, 5.74) is 0. The molecule has 1 aliphatic rings. The smallest absolute Gasteiger partial charge is 0.359 e. The molecule has 1 saturated heterocycles. The lowest BCUT2D eigenvalue weighted by Crippen LogP contribution is -2.46. The van der Waals surface area contributed by atoms with Crippen LogP contribution in [-0.4, -0.2) is 56.7 Å². The molecule has 0 unspecified atom stereocenters. The van der Waals surface area contributed by atoms with E-state index in [-0.39, 0.29) is 12.3 Å². The molecule has 0 bridgehead atoms. The molecule has 1 amide bonds. The Balaban J connectivity index is 2.25. The van der Waals surface area contributed by atoms with E-state index < -0.39 is 12.6 Å². The molecule has 0 spiro atoms. The monoisotopic (exact) mass is 336 g/mol. The Morgan fingerprint density at radius 2 is 1.91 bits per heavy atom. The van der Waals surface area contributed by atoms with Gasteiger partial charge in [-0.1, -0.05) is 0 Å². The topological polar surface area (TPSA) is 56.7 Å². The van der Waals surface area contributed by atoms with Gasteiger partial charge in [-0.25, -0.2) is 0 Å². The molecule has 0 saturated carbocycles. The molecule has 0 aromatic rings. The number of aliphatic imine (C=N–C) groups is 1. The predicted octanol–water partition coefficient (Wildman–Crippen LogP) is 2.14. The number of amides is 1. The van der Waals surface area contributed by atoms with E-state index in [2.05, 4.69) is 20.5 Å². The highest BCUT2D eigenvalue weighted by atomic mass is 19.4. The molecular weight excluding hydrogens is 309 g/mol. The van der Waals surface area contributed by atoms with Gasteiger partial charge in [-0.3, -0.25) is 9.79 Å². The summed E-state index contributed by atoms with van der Waals surface area (Å²) in [6, 6.07) is 0. The SMILES string of the molecule is CN=C(NCCCCC(F)(F)F)N1CCC(CC(=O)NC)CC1. The molecule has 1 fully saturated rings. The average Bonchev–Trinajstić information content (AvgIpc) is 2.50. The standard InChI is InChI=1S/C15H27F3N4O/c1-19-13(23)11-12-5-9-22(10-6-12)14(20-2)21-8-4-3-7-15(16,17)18/h12H,3-11H2,1-2H3,(H,19,23)(H,20,21). The molecule has 0 radical (unpaired) electrons. The lowest BCUT2D eigenvalue weighted by molar-refractivity contribution is -0.135. The maximum Gasteiger partial charge on any atom is 0.389 e. The van der Waals surface area contributed by atoms with Crippen LogP contribution >= 0.6 is 0 Å². The highest BCUT2D eigenvalue weighted by Crippen LogP contribution is 2.22. The molecule has 0 atom stereocenters. The number of nitrogens with one attached hydrogen (secondary N) is 2. The molecule has 0 aromatic carbocycles. The molecule has 1 aliphatic heterocycles. The fourth-order valence-corrected chi connectivity index (χ4v) is 2.70. The van der Waals surface area contributed by atoms with Crippen LogP contribution in [0.1, 0.15) is 38.5 Å². The van der Waals surface area contributed by atoms with Gasteiger partial charge in [0.2, 0.25) is 5.91 Å². The molecule has 1 heterocycles. The van der Waals surface area contributed by atoms with Crippen LogP contribution in [-0.2, 0) is 4.79 Å². The Morgan fingerprint density at radius 3 is 2.43 bits per heavy atom. The van der Waals surface area contributed by atoms with Crippen LogP contribution in [0.2, 0.25) is 0 Å². The quantitative estimate of drug-likeness (QED) is 0.444. The van der Waals surface area contributed by atoms with Crippen molar-refractivity contribution in [1.29, 1.82) is 0 Å². The molecule has 5 nitrogen and oxygen atoms in total. The van der Waals surface area contributed by atoms with Gasteiger partial charge in [0.1, 0.15) is 0 Å². The summed E-state index contributed by atoms with van der Waals surface area (Å²) in [7, 11) is 3.32. The van der Waals surface area contributed by atoms with Crippen LogP contribution in [0.5, 0.6) is 0 Å². The van der Waals surface area contributed by atoms with Gasteiger partial charge >= 0.3 is 6.18 Å². The van der Waals surface area contributed by atoms with Gasteiger partial charge in [0, 0.05) is 46.6 Å². The summed E-state index contributed by atoms with van der Waals surface area (Å²) in [6.45, 7) is 2.11. The van der Waals surface area contributed by atoms with Crippen LogP contribution in [0.15, 0.2) is 4.99 Å². The van der Waals surface area contributed by atoms with E-state index in [0.717, 1.165) is 31.9 Å². The van der Waals surface area contributed by atoms with Crippen LogP contribution < -0.4 is 10.6 Å². The second kappa shape index (κ2) is 9.62. The first-order chi connectivity index (χ1) is 10.9. The number of piperidine rings is 1. The van der Waals surface area contributed by atoms with Crippen molar-refractivity contribution >= 4 is 11.9 Å². The van der Waals surface area contributed by atoms with Gasteiger partial charge in [0.15, 0.2) is 5.96 Å². The van der Waals surface area contributed by atoms with Gasteiger partial charge in [0.05, 0.1) is 0 Å². The van der Waals surface area contributed by atoms with Crippen molar-refractivity contribution < 1.29 is 18.0 Å². The van der Waals surface area contributed by atoms with Crippen LogP contribution in [0.3, 0.4) is 0 Å². The van der Waals surface area contributed by atoms with E-state index >= 15 is 0 Å². The van der Waals surface area contributed by atoms with Crippen molar-refractivity contribution in [3.8, 4) is 0 Å². The minimum atomic E-state index is -4.08. The zero-order valence-corrected chi connectivity index (χ0v) is 13.9. The lowest BCUT2D eigenvalue weighted by Gasteiger charge is -2.34. The zero-order valence-electron chi connectivity index (χ0n) is 13.9. The van der Waals surface area contributed by atoms with E-state index in [1.807, 2.05) is 0 Å². The van der Waals surface area contributed by atoms with Gasteiger partial charge in [-0.15, -0.1) is 0 Å². The van der Waals surface area contributed by atoms with E-state index in [1.54, 1.807) is 14.1 Å². The summed E-state index contributed by atoms with van der Waals surface area (Å²) in [5, 5.41) is 5.76. The van der Waals surface area contributed by atoms with Crippen molar-refractivity contribution in [1.82, 2.24) is 15.5 Å². The largest absolute Gasteiger partial charge is 0.389 e. The van der Waals surface area contributed by atoms with E-state index in [4.69, 9.17) is 0 Å². The number of guanidine groups is 1. The fourth-order valence-electron chi connectivity index (χ4n) is 2.70. The number of rotatable bonds is 6. The minimum Gasteiger partial charge on any atom is -0.359 e. The number of halogens is 3. The molecular formula is C15H27F3N4O. The van der Waals surface area contributed by atoms with Crippen molar-refractivity contribution in [2.75, 3.05) is 33.7 Å². The second-order valence-electron chi connectivity index (χ2n) is 5.85. The first kappa shape index (κ1) is 19.6. The maximum atomic E-state index is 12.1. The Labute approximate surface area is 135 Å². The predicted molar refractivity (Wildman–Crippen MR) is 84.2 cm³/mol. The Kier molecular flexibility index (Phi) is 8.19. The van der Waals surface area contributed by atoms with Crippen molar-refractivity contribution in [2.45, 2.75) is 44.7 Å². The molecule has 0 aromatic heterocycles. The third kappa shape index (κ3) is 8.08. The summed E-state index contributed by atoms with van der Waals surface area (Å²) in [4.78, 5) is 17.7. The van der Waals surface area contributed by atoms with Gasteiger partial charge < -0.3 is 15.5 Å². The third-order valence-corrected chi connectivity index (χ3v) is 4.05.